The Morgan fingerprint density at radius 3 is 2.47 bits per heavy atom. The second-order valence-corrected chi connectivity index (χ2v) is 4.60. The van der Waals surface area contributed by atoms with Crippen molar-refractivity contribution < 1.29 is 14.7 Å². The van der Waals surface area contributed by atoms with Crippen molar-refractivity contribution in [1.29, 1.82) is 0 Å². The molecule has 0 spiro atoms. The molecular formula is C9H18N2O3S. The highest BCUT2D eigenvalue weighted by molar-refractivity contribution is 8.00. The van der Waals surface area contributed by atoms with Crippen LogP contribution in [-0.4, -0.2) is 60.1 Å². The lowest BCUT2D eigenvalue weighted by Crippen LogP contribution is -2.40. The van der Waals surface area contributed by atoms with Gasteiger partial charge in [0.15, 0.2) is 0 Å². The number of hydrogen-bond acceptors (Lipinski definition) is 4. The van der Waals surface area contributed by atoms with Crippen LogP contribution in [0.5, 0.6) is 0 Å². The predicted octanol–water partition coefficient (Wildman–Crippen LogP) is -0.129. The number of nitrogens with one attached hydrogen (secondary N) is 1. The summed E-state index contributed by atoms with van der Waals surface area (Å²) in [5.41, 5.74) is 0. The van der Waals surface area contributed by atoms with Crippen LogP contribution in [0, 0.1) is 0 Å². The van der Waals surface area contributed by atoms with E-state index < -0.39 is 5.97 Å². The summed E-state index contributed by atoms with van der Waals surface area (Å²) in [5.74, 6) is -0.843. The summed E-state index contributed by atoms with van der Waals surface area (Å²) in [6.07, 6.45) is 0. The van der Waals surface area contributed by atoms with Crippen LogP contribution in [0.3, 0.4) is 0 Å². The molecule has 0 aromatic carbocycles. The van der Waals surface area contributed by atoms with Crippen LogP contribution in [-0.2, 0) is 9.59 Å². The number of carbonyl (C=O) groups excluding carboxylic acids is 1. The van der Waals surface area contributed by atoms with Crippen LogP contribution in [0.25, 0.3) is 0 Å². The fourth-order valence-electron chi connectivity index (χ4n) is 1.14. The molecule has 0 aliphatic rings. The predicted molar refractivity (Wildman–Crippen MR) is 61.1 cm³/mol. The highest BCUT2D eigenvalue weighted by atomic mass is 32.2. The maximum absolute atomic E-state index is 11.3. The minimum Gasteiger partial charge on any atom is -0.481 e. The van der Waals surface area contributed by atoms with Gasteiger partial charge in [-0.15, -0.1) is 11.8 Å². The summed E-state index contributed by atoms with van der Waals surface area (Å²) in [4.78, 5) is 23.4. The van der Waals surface area contributed by atoms with Gasteiger partial charge in [-0.05, 0) is 21.0 Å². The zero-order valence-corrected chi connectivity index (χ0v) is 10.1. The highest BCUT2D eigenvalue weighted by Crippen LogP contribution is 1.98. The fraction of sp³-hybridized carbons (Fsp3) is 0.778. The van der Waals surface area contributed by atoms with Gasteiger partial charge in [0.1, 0.15) is 0 Å². The molecule has 1 unspecified atom stereocenters. The number of amides is 1. The largest absolute Gasteiger partial charge is 0.481 e. The quantitative estimate of drug-likeness (QED) is 0.642. The number of carboxylic acid groups (broad SMARTS) is 1. The van der Waals surface area contributed by atoms with Gasteiger partial charge in [-0.25, -0.2) is 0 Å². The third-order valence-electron chi connectivity index (χ3n) is 1.51. The Balaban J connectivity index is 3.60. The molecule has 0 aliphatic heterocycles. The molecule has 0 saturated carbocycles. The first kappa shape index (κ1) is 14.2. The second kappa shape index (κ2) is 7.53. The minimum absolute atomic E-state index is 0.0323. The molecule has 2 N–H and O–H groups in total. The zero-order chi connectivity index (χ0) is 11.8. The normalized spacial score (nSPS) is 12.5. The third-order valence-corrected chi connectivity index (χ3v) is 2.42. The highest BCUT2D eigenvalue weighted by Gasteiger charge is 2.08. The molecule has 0 radical (unpaired) electrons. The molecule has 0 bridgehead atoms. The summed E-state index contributed by atoms with van der Waals surface area (Å²) < 4.78 is 0. The number of hydrogen-bond donors (Lipinski definition) is 2. The molecule has 5 nitrogen and oxygen atoms in total. The molecule has 0 fully saturated rings. The van der Waals surface area contributed by atoms with E-state index >= 15 is 0 Å². The molecule has 0 aromatic rings. The smallest absolute Gasteiger partial charge is 0.313 e. The van der Waals surface area contributed by atoms with Gasteiger partial charge in [0.05, 0.1) is 11.5 Å². The van der Waals surface area contributed by atoms with Crippen molar-refractivity contribution in [3.63, 3.8) is 0 Å². The molecular weight excluding hydrogens is 216 g/mol. The Morgan fingerprint density at radius 1 is 1.40 bits per heavy atom. The van der Waals surface area contributed by atoms with Crippen LogP contribution < -0.4 is 5.32 Å². The summed E-state index contributed by atoms with van der Waals surface area (Å²) in [6, 6.07) is 0.0814. The summed E-state index contributed by atoms with van der Waals surface area (Å²) in [5, 5.41) is 11.2. The number of rotatable bonds is 7. The van der Waals surface area contributed by atoms with Crippen molar-refractivity contribution in [2.45, 2.75) is 13.0 Å². The van der Waals surface area contributed by atoms with Crippen molar-refractivity contribution in [1.82, 2.24) is 10.2 Å². The third kappa shape index (κ3) is 9.55. The average Bonchev–Trinajstić information content (AvgIpc) is 2.00. The standard InChI is InChI=1S/C9H18N2O3S/c1-7(4-11(2)3)10-8(12)5-15-6-9(13)14/h7H,4-6H2,1-3H3,(H,10,12)(H,13,14). The molecule has 6 heteroatoms. The lowest BCUT2D eigenvalue weighted by atomic mass is 10.3. The minimum atomic E-state index is -0.894. The van der Waals surface area contributed by atoms with Crippen molar-refractivity contribution in [2.75, 3.05) is 32.1 Å². The van der Waals surface area contributed by atoms with Crippen molar-refractivity contribution >= 4 is 23.6 Å². The van der Waals surface area contributed by atoms with Crippen LogP contribution in [0.2, 0.25) is 0 Å². The molecule has 1 atom stereocenters. The molecule has 1 amide bonds. The number of carboxylic acids is 1. The Labute approximate surface area is 94.2 Å². The second-order valence-electron chi connectivity index (χ2n) is 3.62. The van der Waals surface area contributed by atoms with Gasteiger partial charge >= 0.3 is 5.97 Å². The van der Waals surface area contributed by atoms with Crippen LogP contribution >= 0.6 is 11.8 Å². The van der Waals surface area contributed by atoms with E-state index in [1.165, 1.54) is 0 Å². The van der Waals surface area contributed by atoms with E-state index in [2.05, 4.69) is 5.32 Å². The molecule has 0 aromatic heterocycles. The van der Waals surface area contributed by atoms with Crippen molar-refractivity contribution in [3.05, 3.63) is 0 Å². The first-order chi connectivity index (χ1) is 6.91. The van der Waals surface area contributed by atoms with Gasteiger partial charge in [-0.2, -0.15) is 0 Å². The lowest BCUT2D eigenvalue weighted by Gasteiger charge is -2.17. The van der Waals surface area contributed by atoms with Crippen molar-refractivity contribution in [3.8, 4) is 0 Å². The van der Waals surface area contributed by atoms with Crippen LogP contribution in [0.4, 0.5) is 0 Å². The average molecular weight is 234 g/mol. The zero-order valence-electron chi connectivity index (χ0n) is 9.32. The van der Waals surface area contributed by atoms with Gasteiger partial charge < -0.3 is 15.3 Å². The van der Waals surface area contributed by atoms with Gasteiger partial charge in [0.25, 0.3) is 0 Å². The molecule has 0 aliphatic carbocycles. The van der Waals surface area contributed by atoms with Crippen molar-refractivity contribution in [2.24, 2.45) is 0 Å². The summed E-state index contributed by atoms with van der Waals surface area (Å²) in [6.45, 7) is 2.69. The SMILES string of the molecule is CC(CN(C)C)NC(=O)CSCC(=O)O. The maximum Gasteiger partial charge on any atom is 0.313 e. The van der Waals surface area contributed by atoms with E-state index in [4.69, 9.17) is 5.11 Å². The Kier molecular flexibility index (Phi) is 7.15. The monoisotopic (exact) mass is 234 g/mol. The van der Waals surface area contributed by atoms with E-state index in [-0.39, 0.29) is 23.5 Å². The van der Waals surface area contributed by atoms with E-state index in [1.807, 2.05) is 25.9 Å². The number of likely N-dealkylation sites (N-methyl/N-ethyl adjacent to an activating group) is 1. The van der Waals surface area contributed by atoms with E-state index in [0.717, 1.165) is 18.3 Å². The summed E-state index contributed by atoms with van der Waals surface area (Å²) in [7, 11) is 3.86. The number of thioether (sulfide) groups is 1. The maximum atomic E-state index is 11.3. The van der Waals surface area contributed by atoms with Gasteiger partial charge in [-0.3, -0.25) is 9.59 Å². The number of aliphatic carboxylic acids is 1. The molecule has 15 heavy (non-hydrogen) atoms. The lowest BCUT2D eigenvalue weighted by molar-refractivity contribution is -0.133. The van der Waals surface area contributed by atoms with E-state index in [9.17, 15) is 9.59 Å². The fourth-order valence-corrected chi connectivity index (χ4v) is 1.69. The topological polar surface area (TPSA) is 69.6 Å². The van der Waals surface area contributed by atoms with E-state index in [1.54, 1.807) is 0 Å². The van der Waals surface area contributed by atoms with Gasteiger partial charge in [0, 0.05) is 12.6 Å². The molecule has 88 valence electrons. The number of nitrogens with zero attached hydrogens (tertiary/aromatic N) is 1. The first-order valence-electron chi connectivity index (χ1n) is 4.65. The summed E-state index contributed by atoms with van der Waals surface area (Å²) >= 11 is 1.11. The molecule has 0 saturated heterocycles. The first-order valence-corrected chi connectivity index (χ1v) is 5.81. The Hall–Kier alpha value is -0.750. The van der Waals surface area contributed by atoms with Crippen LogP contribution in [0.1, 0.15) is 6.92 Å². The number of carbonyl (C=O) groups is 2. The molecule has 0 rings (SSSR count). The molecule has 0 heterocycles. The van der Waals surface area contributed by atoms with Crippen LogP contribution in [0.15, 0.2) is 0 Å². The van der Waals surface area contributed by atoms with Gasteiger partial charge in [0.2, 0.25) is 5.91 Å². The Bertz CT molecular complexity index is 221. The Morgan fingerprint density at radius 2 is 2.00 bits per heavy atom. The van der Waals surface area contributed by atoms with Gasteiger partial charge in [-0.1, -0.05) is 0 Å². The van der Waals surface area contributed by atoms with E-state index in [0.29, 0.717) is 0 Å².